The van der Waals surface area contributed by atoms with E-state index in [9.17, 15) is 9.90 Å². The Morgan fingerprint density at radius 1 is 1.48 bits per heavy atom. The van der Waals surface area contributed by atoms with Crippen LogP contribution in [0.1, 0.15) is 38.3 Å². The van der Waals surface area contributed by atoms with Crippen LogP contribution in [0, 0.1) is 5.92 Å². The Morgan fingerprint density at radius 2 is 2.24 bits per heavy atom. The van der Waals surface area contributed by atoms with E-state index in [1.807, 2.05) is 13.8 Å². The lowest BCUT2D eigenvalue weighted by Gasteiger charge is -2.16. The van der Waals surface area contributed by atoms with E-state index in [-0.39, 0.29) is 0 Å². The first-order valence-corrected chi connectivity index (χ1v) is 7.80. The highest BCUT2D eigenvalue weighted by Gasteiger charge is 2.18. The number of carbonyl (C=O) groups is 1. The Hall–Kier alpha value is -1.55. The average Bonchev–Trinajstić information content (AvgIpc) is 2.76. The molecule has 4 heteroatoms. The lowest BCUT2D eigenvalue weighted by Crippen LogP contribution is -2.38. The number of anilines is 1. The number of benzene rings is 1. The van der Waals surface area contributed by atoms with Crippen LogP contribution in [0.15, 0.2) is 18.2 Å². The van der Waals surface area contributed by atoms with Crippen molar-refractivity contribution in [1.82, 2.24) is 5.32 Å². The minimum atomic E-state index is -0.754. The summed E-state index contributed by atoms with van der Waals surface area (Å²) in [6.45, 7) is 6.98. The van der Waals surface area contributed by atoms with Gasteiger partial charge in [-0.1, -0.05) is 26.0 Å². The molecule has 0 aliphatic carbocycles. The second kappa shape index (κ2) is 6.94. The fourth-order valence-electron chi connectivity index (χ4n) is 2.89. The van der Waals surface area contributed by atoms with Crippen molar-refractivity contribution in [1.29, 1.82) is 0 Å². The molecule has 2 rings (SSSR count). The number of carboxylic acids is 1. The summed E-state index contributed by atoms with van der Waals surface area (Å²) in [5, 5.41) is 15.8. The highest BCUT2D eigenvalue weighted by atomic mass is 16.4. The molecule has 1 aromatic carbocycles. The number of aliphatic carboxylic acids is 1. The molecule has 21 heavy (non-hydrogen) atoms. The average molecular weight is 290 g/mol. The first kappa shape index (κ1) is 15.8. The first-order chi connectivity index (χ1) is 9.95. The van der Waals surface area contributed by atoms with Crippen molar-refractivity contribution in [3.63, 3.8) is 0 Å². The van der Waals surface area contributed by atoms with Gasteiger partial charge in [0.25, 0.3) is 0 Å². The molecule has 0 spiro atoms. The van der Waals surface area contributed by atoms with Gasteiger partial charge in [-0.25, -0.2) is 0 Å². The lowest BCUT2D eigenvalue weighted by molar-refractivity contribution is -0.139. The smallest absolute Gasteiger partial charge is 0.320 e. The zero-order chi connectivity index (χ0) is 15.4. The first-order valence-electron chi connectivity index (χ1n) is 7.80. The molecule has 0 saturated carbocycles. The highest BCUT2D eigenvalue weighted by Crippen LogP contribution is 2.26. The van der Waals surface area contributed by atoms with Gasteiger partial charge in [0.15, 0.2) is 0 Å². The van der Waals surface area contributed by atoms with E-state index in [1.54, 1.807) is 0 Å². The molecular weight excluding hydrogens is 264 g/mol. The van der Waals surface area contributed by atoms with Crippen molar-refractivity contribution in [2.24, 2.45) is 5.92 Å². The summed E-state index contributed by atoms with van der Waals surface area (Å²) in [6, 6.07) is 6.57. The fraction of sp³-hybridized carbons (Fsp3) is 0.588. The van der Waals surface area contributed by atoms with Crippen LogP contribution in [0.5, 0.6) is 0 Å². The summed E-state index contributed by atoms with van der Waals surface area (Å²) >= 11 is 0. The molecule has 0 aromatic heterocycles. The molecule has 4 nitrogen and oxygen atoms in total. The quantitative estimate of drug-likeness (QED) is 0.722. The standard InChI is InChI=1S/C17H26N2O2/c1-11(2)8-16(17(20)21)18-7-6-13-4-5-15-14(10-13)9-12(3)19-15/h4-5,10-12,16,18-19H,6-9H2,1-3H3,(H,20,21). The molecule has 0 saturated heterocycles. The molecule has 0 radical (unpaired) electrons. The fourth-order valence-corrected chi connectivity index (χ4v) is 2.89. The molecule has 0 fully saturated rings. The minimum Gasteiger partial charge on any atom is -0.480 e. The van der Waals surface area contributed by atoms with Gasteiger partial charge in [0.1, 0.15) is 6.04 Å². The number of rotatable bonds is 7. The predicted octanol–water partition coefficient (Wildman–Crippen LogP) is 2.67. The number of nitrogens with one attached hydrogen (secondary N) is 2. The summed E-state index contributed by atoms with van der Waals surface area (Å²) < 4.78 is 0. The van der Waals surface area contributed by atoms with E-state index < -0.39 is 12.0 Å². The zero-order valence-corrected chi connectivity index (χ0v) is 13.1. The van der Waals surface area contributed by atoms with Crippen LogP contribution in [0.2, 0.25) is 0 Å². The highest BCUT2D eigenvalue weighted by molar-refractivity contribution is 5.73. The third-order valence-corrected chi connectivity index (χ3v) is 3.91. The molecule has 2 atom stereocenters. The zero-order valence-electron chi connectivity index (χ0n) is 13.1. The second-order valence-electron chi connectivity index (χ2n) is 6.47. The minimum absolute atomic E-state index is 0.381. The van der Waals surface area contributed by atoms with Gasteiger partial charge in [-0.05, 0) is 55.8 Å². The summed E-state index contributed by atoms with van der Waals surface area (Å²) in [4.78, 5) is 11.2. The van der Waals surface area contributed by atoms with Gasteiger partial charge < -0.3 is 15.7 Å². The molecule has 1 aliphatic heterocycles. The molecule has 0 bridgehead atoms. The SMILES string of the molecule is CC(C)CC(NCCc1ccc2c(c1)CC(C)N2)C(=O)O. The van der Waals surface area contributed by atoms with Crippen LogP contribution in [0.3, 0.4) is 0 Å². The number of hydrogen-bond acceptors (Lipinski definition) is 3. The van der Waals surface area contributed by atoms with Crippen molar-refractivity contribution >= 4 is 11.7 Å². The maximum absolute atomic E-state index is 11.2. The van der Waals surface area contributed by atoms with Crippen LogP contribution < -0.4 is 10.6 Å². The molecule has 2 unspecified atom stereocenters. The number of fused-ring (bicyclic) bond motifs is 1. The maximum Gasteiger partial charge on any atom is 0.320 e. The van der Waals surface area contributed by atoms with Gasteiger partial charge in [0.05, 0.1) is 0 Å². The number of hydrogen-bond donors (Lipinski definition) is 3. The van der Waals surface area contributed by atoms with Crippen molar-refractivity contribution < 1.29 is 9.90 Å². The van der Waals surface area contributed by atoms with Gasteiger partial charge >= 0.3 is 5.97 Å². The monoisotopic (exact) mass is 290 g/mol. The van der Waals surface area contributed by atoms with Crippen molar-refractivity contribution in [2.45, 2.75) is 52.1 Å². The van der Waals surface area contributed by atoms with Crippen LogP contribution in [0.25, 0.3) is 0 Å². The van der Waals surface area contributed by atoms with E-state index in [1.165, 1.54) is 16.8 Å². The second-order valence-corrected chi connectivity index (χ2v) is 6.47. The van der Waals surface area contributed by atoms with Crippen LogP contribution in [-0.4, -0.2) is 29.7 Å². The molecule has 1 aromatic rings. The molecular formula is C17H26N2O2. The van der Waals surface area contributed by atoms with Crippen LogP contribution in [0.4, 0.5) is 5.69 Å². The van der Waals surface area contributed by atoms with E-state index in [4.69, 9.17) is 0 Å². The van der Waals surface area contributed by atoms with Crippen LogP contribution in [-0.2, 0) is 17.6 Å². The Kier molecular flexibility index (Phi) is 5.23. The van der Waals surface area contributed by atoms with Gasteiger partial charge in [-0.15, -0.1) is 0 Å². The topological polar surface area (TPSA) is 61.4 Å². The van der Waals surface area contributed by atoms with Crippen molar-refractivity contribution in [3.05, 3.63) is 29.3 Å². The lowest BCUT2D eigenvalue weighted by atomic mass is 10.0. The summed E-state index contributed by atoms with van der Waals surface area (Å²) in [7, 11) is 0. The van der Waals surface area contributed by atoms with Gasteiger partial charge in [-0.3, -0.25) is 4.79 Å². The van der Waals surface area contributed by atoms with E-state index in [0.29, 0.717) is 24.9 Å². The predicted molar refractivity (Wildman–Crippen MR) is 85.8 cm³/mol. The van der Waals surface area contributed by atoms with Crippen LogP contribution >= 0.6 is 0 Å². The Bertz CT molecular complexity index is 500. The number of carboxylic acid groups (broad SMARTS) is 1. The molecule has 1 aliphatic rings. The van der Waals surface area contributed by atoms with Crippen molar-refractivity contribution in [3.8, 4) is 0 Å². The Balaban J connectivity index is 1.86. The van der Waals surface area contributed by atoms with E-state index in [0.717, 1.165) is 12.8 Å². The Morgan fingerprint density at radius 3 is 2.90 bits per heavy atom. The van der Waals surface area contributed by atoms with Gasteiger partial charge in [0.2, 0.25) is 0 Å². The third kappa shape index (κ3) is 4.46. The molecule has 1 heterocycles. The van der Waals surface area contributed by atoms with Gasteiger partial charge in [0, 0.05) is 11.7 Å². The maximum atomic E-state index is 11.2. The molecule has 3 N–H and O–H groups in total. The largest absolute Gasteiger partial charge is 0.480 e. The van der Waals surface area contributed by atoms with Gasteiger partial charge in [-0.2, -0.15) is 0 Å². The van der Waals surface area contributed by atoms with E-state index >= 15 is 0 Å². The summed E-state index contributed by atoms with van der Waals surface area (Å²) in [5.41, 5.74) is 3.88. The third-order valence-electron chi connectivity index (χ3n) is 3.91. The molecule has 0 amide bonds. The van der Waals surface area contributed by atoms with E-state index in [2.05, 4.69) is 35.8 Å². The normalized spacial score (nSPS) is 18.4. The molecule has 116 valence electrons. The summed E-state index contributed by atoms with van der Waals surface area (Å²) in [5.74, 6) is -0.373. The summed E-state index contributed by atoms with van der Waals surface area (Å²) in [6.07, 6.45) is 2.60. The van der Waals surface area contributed by atoms with Crippen molar-refractivity contribution in [2.75, 3.05) is 11.9 Å². The Labute approximate surface area is 126 Å².